The van der Waals surface area contributed by atoms with Crippen LogP contribution >= 0.6 is 7.14 Å². The molecule has 0 amide bonds. The number of rotatable bonds is 5. The minimum atomic E-state index is -2.10. The van der Waals surface area contributed by atoms with E-state index < -0.39 is 7.14 Å². The van der Waals surface area contributed by atoms with E-state index in [-0.39, 0.29) is 0 Å². The summed E-state index contributed by atoms with van der Waals surface area (Å²) in [7, 11) is -2.10. The van der Waals surface area contributed by atoms with Crippen molar-refractivity contribution in [2.24, 2.45) is 0 Å². The first kappa shape index (κ1) is 12.3. The van der Waals surface area contributed by atoms with E-state index in [0.717, 1.165) is 29.9 Å². The van der Waals surface area contributed by atoms with Crippen molar-refractivity contribution >= 4 is 18.1 Å². The molecule has 0 spiro atoms. The lowest BCUT2D eigenvalue weighted by Crippen LogP contribution is -2.08. The molecule has 0 radical (unpaired) electrons. The second kappa shape index (κ2) is 5.37. The first-order valence-corrected chi connectivity index (χ1v) is 7.66. The minimum Gasteiger partial charge on any atom is -0.385 e. The molecule has 1 rings (SSSR count). The van der Waals surface area contributed by atoms with Gasteiger partial charge in [-0.25, -0.2) is 0 Å². The highest BCUT2D eigenvalue weighted by atomic mass is 31.2. The van der Waals surface area contributed by atoms with Crippen LogP contribution in [0, 0.1) is 0 Å². The summed E-state index contributed by atoms with van der Waals surface area (Å²) in [6.07, 6.45) is 1.51. The standard InChI is InChI=1S/C12H20NOP/c1-4-13-11-7-9-12(10-8-11)15(14,5-2)6-3/h7-10,13H,4-6H2,1-3H3. The molecule has 0 unspecified atom stereocenters. The zero-order chi connectivity index (χ0) is 11.3. The van der Waals surface area contributed by atoms with Crippen molar-refractivity contribution < 1.29 is 4.57 Å². The third kappa shape index (κ3) is 2.85. The average molecular weight is 225 g/mol. The molecule has 84 valence electrons. The van der Waals surface area contributed by atoms with Gasteiger partial charge in [0.05, 0.1) is 0 Å². The van der Waals surface area contributed by atoms with E-state index in [1.54, 1.807) is 0 Å². The molecule has 0 aliphatic rings. The molecular formula is C12H20NOP. The lowest BCUT2D eigenvalue weighted by atomic mass is 10.3. The van der Waals surface area contributed by atoms with E-state index in [4.69, 9.17) is 0 Å². The van der Waals surface area contributed by atoms with Crippen molar-refractivity contribution in [2.75, 3.05) is 24.2 Å². The maximum Gasteiger partial charge on any atom is 0.115 e. The zero-order valence-electron chi connectivity index (χ0n) is 9.79. The Hall–Kier alpha value is -0.750. The van der Waals surface area contributed by atoms with Gasteiger partial charge >= 0.3 is 0 Å². The number of hydrogen-bond acceptors (Lipinski definition) is 2. The Balaban J connectivity index is 2.92. The van der Waals surface area contributed by atoms with Crippen LogP contribution in [-0.4, -0.2) is 18.9 Å². The van der Waals surface area contributed by atoms with Gasteiger partial charge in [-0.15, -0.1) is 0 Å². The highest BCUT2D eigenvalue weighted by Gasteiger charge is 2.19. The Morgan fingerprint density at radius 1 is 1.07 bits per heavy atom. The van der Waals surface area contributed by atoms with Gasteiger partial charge in [0.25, 0.3) is 0 Å². The highest BCUT2D eigenvalue weighted by Crippen LogP contribution is 2.43. The Morgan fingerprint density at radius 2 is 1.60 bits per heavy atom. The first-order chi connectivity index (χ1) is 7.16. The van der Waals surface area contributed by atoms with Crippen molar-refractivity contribution in [1.29, 1.82) is 0 Å². The van der Waals surface area contributed by atoms with Gasteiger partial charge in [-0.1, -0.05) is 13.8 Å². The topological polar surface area (TPSA) is 29.1 Å². The molecule has 3 heteroatoms. The van der Waals surface area contributed by atoms with Crippen LogP contribution in [0.5, 0.6) is 0 Å². The lowest BCUT2D eigenvalue weighted by molar-refractivity contribution is 0.582. The molecule has 2 nitrogen and oxygen atoms in total. The predicted molar refractivity (Wildman–Crippen MR) is 68.9 cm³/mol. The van der Waals surface area contributed by atoms with Crippen molar-refractivity contribution in [3.63, 3.8) is 0 Å². The number of anilines is 1. The Kier molecular flexibility index (Phi) is 4.41. The fourth-order valence-corrected chi connectivity index (χ4v) is 3.51. The molecule has 0 aromatic heterocycles. The molecule has 1 aromatic carbocycles. The van der Waals surface area contributed by atoms with Gasteiger partial charge in [0.2, 0.25) is 0 Å². The van der Waals surface area contributed by atoms with Crippen molar-refractivity contribution in [3.05, 3.63) is 24.3 Å². The summed E-state index contributed by atoms with van der Waals surface area (Å²) in [5.41, 5.74) is 1.10. The molecule has 0 saturated heterocycles. The SMILES string of the molecule is CCNc1ccc(P(=O)(CC)CC)cc1. The maximum atomic E-state index is 12.4. The summed E-state index contributed by atoms with van der Waals surface area (Å²) >= 11 is 0. The molecule has 0 fully saturated rings. The van der Waals surface area contributed by atoms with Gasteiger partial charge in [0.1, 0.15) is 7.14 Å². The predicted octanol–water partition coefficient (Wildman–Crippen LogP) is 3.15. The van der Waals surface area contributed by atoms with Crippen LogP contribution in [0.3, 0.4) is 0 Å². The first-order valence-electron chi connectivity index (χ1n) is 5.58. The van der Waals surface area contributed by atoms with Crippen molar-refractivity contribution in [2.45, 2.75) is 20.8 Å². The summed E-state index contributed by atoms with van der Waals surface area (Å²) < 4.78 is 12.4. The molecule has 0 saturated carbocycles. The van der Waals surface area contributed by atoms with Gasteiger partial charge in [0.15, 0.2) is 0 Å². The fourth-order valence-electron chi connectivity index (χ4n) is 1.64. The normalized spacial score (nSPS) is 11.4. The average Bonchev–Trinajstić information content (AvgIpc) is 2.29. The van der Waals surface area contributed by atoms with Gasteiger partial charge < -0.3 is 9.88 Å². The van der Waals surface area contributed by atoms with Crippen LogP contribution in [0.25, 0.3) is 0 Å². The zero-order valence-corrected chi connectivity index (χ0v) is 10.7. The summed E-state index contributed by atoms with van der Waals surface area (Å²) in [5.74, 6) is 0. The molecule has 15 heavy (non-hydrogen) atoms. The largest absolute Gasteiger partial charge is 0.385 e. The fraction of sp³-hybridized carbons (Fsp3) is 0.500. The minimum absolute atomic E-state index is 0.754. The Bertz CT molecular complexity index is 337. The smallest absolute Gasteiger partial charge is 0.115 e. The lowest BCUT2D eigenvalue weighted by Gasteiger charge is -2.15. The molecule has 0 atom stereocenters. The van der Waals surface area contributed by atoms with Crippen LogP contribution in [0.2, 0.25) is 0 Å². The molecular weight excluding hydrogens is 205 g/mol. The van der Waals surface area contributed by atoms with E-state index in [0.29, 0.717) is 0 Å². The highest BCUT2D eigenvalue weighted by molar-refractivity contribution is 7.71. The van der Waals surface area contributed by atoms with E-state index in [2.05, 4.69) is 12.2 Å². The molecule has 0 bridgehead atoms. The second-order valence-electron chi connectivity index (χ2n) is 3.60. The quantitative estimate of drug-likeness (QED) is 0.780. The molecule has 1 aromatic rings. The summed E-state index contributed by atoms with van der Waals surface area (Å²) in [6, 6.07) is 8.01. The van der Waals surface area contributed by atoms with Crippen molar-refractivity contribution in [1.82, 2.24) is 0 Å². The van der Waals surface area contributed by atoms with E-state index in [9.17, 15) is 4.57 Å². The van der Waals surface area contributed by atoms with Gasteiger partial charge in [-0.3, -0.25) is 0 Å². The van der Waals surface area contributed by atoms with Crippen LogP contribution in [0.15, 0.2) is 24.3 Å². The Morgan fingerprint density at radius 3 is 2.00 bits per heavy atom. The summed E-state index contributed by atoms with van der Waals surface area (Å²) in [5, 5.41) is 4.24. The third-order valence-electron chi connectivity index (χ3n) is 2.74. The van der Waals surface area contributed by atoms with Gasteiger partial charge in [0, 0.05) is 29.9 Å². The van der Waals surface area contributed by atoms with Crippen LogP contribution < -0.4 is 10.6 Å². The van der Waals surface area contributed by atoms with Crippen LogP contribution in [0.4, 0.5) is 5.69 Å². The van der Waals surface area contributed by atoms with Crippen LogP contribution in [-0.2, 0) is 4.57 Å². The number of hydrogen-bond donors (Lipinski definition) is 1. The summed E-state index contributed by atoms with van der Waals surface area (Å²) in [4.78, 5) is 0. The van der Waals surface area contributed by atoms with Crippen molar-refractivity contribution in [3.8, 4) is 0 Å². The van der Waals surface area contributed by atoms with E-state index in [1.807, 2.05) is 38.1 Å². The van der Waals surface area contributed by atoms with Gasteiger partial charge in [-0.05, 0) is 31.2 Å². The number of nitrogens with one attached hydrogen (secondary N) is 1. The molecule has 0 aliphatic carbocycles. The molecule has 1 N–H and O–H groups in total. The van der Waals surface area contributed by atoms with Crippen LogP contribution in [0.1, 0.15) is 20.8 Å². The van der Waals surface area contributed by atoms with E-state index >= 15 is 0 Å². The monoisotopic (exact) mass is 225 g/mol. The molecule has 0 heterocycles. The summed E-state index contributed by atoms with van der Waals surface area (Å²) in [6.45, 7) is 6.99. The molecule has 0 aliphatic heterocycles. The third-order valence-corrected chi connectivity index (χ3v) is 6.02. The Labute approximate surface area is 92.5 Å². The second-order valence-corrected chi connectivity index (χ2v) is 7.16. The maximum absolute atomic E-state index is 12.4. The van der Waals surface area contributed by atoms with Gasteiger partial charge in [-0.2, -0.15) is 0 Å². The van der Waals surface area contributed by atoms with E-state index in [1.165, 1.54) is 0 Å². The number of benzene rings is 1.